The topological polar surface area (TPSA) is 27.6 Å². The third-order valence-electron chi connectivity index (χ3n) is 0.754. The quantitative estimate of drug-likeness (QED) is 0.433. The molecule has 0 heterocycles. The van der Waals surface area contributed by atoms with Gasteiger partial charge in [0.2, 0.25) is 0 Å². The normalized spacial score (nSPS) is 10.6. The number of likely N-dealkylation sites (N-methyl/N-ethyl adjacent to an activating group) is 1. The second-order valence-corrected chi connectivity index (χ2v) is 1.95. The van der Waals surface area contributed by atoms with E-state index in [-0.39, 0.29) is 0 Å². The van der Waals surface area contributed by atoms with Crippen molar-refractivity contribution in [3.05, 3.63) is 12.3 Å². The largest absolute Gasteiger partial charge is 0.306 e. The number of nitrogens with zero attached hydrogens (tertiary/aromatic N) is 2. The van der Waals surface area contributed by atoms with Gasteiger partial charge in [0.1, 0.15) is 0 Å². The highest BCUT2D eigenvalue weighted by Crippen LogP contribution is 1.73. The van der Waals surface area contributed by atoms with Gasteiger partial charge in [-0.3, -0.25) is 5.43 Å². The lowest BCUT2D eigenvalue weighted by Crippen LogP contribution is -2.11. The molecule has 0 aliphatic carbocycles. The minimum Gasteiger partial charge on any atom is -0.306 e. The monoisotopic (exact) mass is 127 g/mol. The molecule has 3 nitrogen and oxygen atoms in total. The van der Waals surface area contributed by atoms with Crippen LogP contribution in [0.5, 0.6) is 0 Å². The zero-order chi connectivity index (χ0) is 7.11. The van der Waals surface area contributed by atoms with Crippen LogP contribution in [-0.2, 0) is 0 Å². The number of hydrogen-bond donors (Lipinski definition) is 1. The summed E-state index contributed by atoms with van der Waals surface area (Å²) in [6, 6.07) is 0. The molecule has 0 saturated heterocycles. The lowest BCUT2D eigenvalue weighted by Gasteiger charge is -2.02. The summed E-state index contributed by atoms with van der Waals surface area (Å²) in [6.45, 7) is 4.17. The van der Waals surface area contributed by atoms with Crippen LogP contribution < -0.4 is 5.43 Å². The van der Waals surface area contributed by atoms with E-state index in [4.69, 9.17) is 0 Å². The molecule has 52 valence electrons. The molecule has 0 aliphatic heterocycles. The SMILES string of the molecule is C=NN/C=C/CN(C)C. The summed E-state index contributed by atoms with van der Waals surface area (Å²) >= 11 is 0. The lowest BCUT2D eigenvalue weighted by molar-refractivity contribution is 0.456. The van der Waals surface area contributed by atoms with E-state index in [1.165, 1.54) is 0 Å². The first kappa shape index (κ1) is 8.17. The van der Waals surface area contributed by atoms with Gasteiger partial charge in [-0.1, -0.05) is 6.08 Å². The van der Waals surface area contributed by atoms with Crippen molar-refractivity contribution in [3.63, 3.8) is 0 Å². The van der Waals surface area contributed by atoms with Crippen LogP contribution in [0.4, 0.5) is 0 Å². The van der Waals surface area contributed by atoms with E-state index in [0.717, 1.165) is 6.54 Å². The summed E-state index contributed by atoms with van der Waals surface area (Å²) in [5.74, 6) is 0. The van der Waals surface area contributed by atoms with Gasteiger partial charge in [0.15, 0.2) is 0 Å². The van der Waals surface area contributed by atoms with Crippen molar-refractivity contribution in [2.24, 2.45) is 5.10 Å². The van der Waals surface area contributed by atoms with Gasteiger partial charge in [0, 0.05) is 19.5 Å². The Kier molecular flexibility index (Phi) is 4.82. The first-order valence-electron chi connectivity index (χ1n) is 2.78. The Morgan fingerprint density at radius 1 is 1.67 bits per heavy atom. The van der Waals surface area contributed by atoms with E-state index in [0.29, 0.717) is 0 Å². The molecule has 0 bridgehead atoms. The van der Waals surface area contributed by atoms with E-state index >= 15 is 0 Å². The molecule has 0 saturated carbocycles. The minimum atomic E-state index is 0.919. The van der Waals surface area contributed by atoms with Crippen molar-refractivity contribution in [3.8, 4) is 0 Å². The van der Waals surface area contributed by atoms with Crippen LogP contribution in [0.1, 0.15) is 0 Å². The number of rotatable bonds is 4. The molecule has 0 fully saturated rings. The first-order valence-corrected chi connectivity index (χ1v) is 2.78. The van der Waals surface area contributed by atoms with Crippen LogP contribution in [0.3, 0.4) is 0 Å². The fourth-order valence-electron chi connectivity index (χ4n) is 0.369. The van der Waals surface area contributed by atoms with Crippen molar-refractivity contribution in [2.45, 2.75) is 0 Å². The summed E-state index contributed by atoms with van der Waals surface area (Å²) in [4.78, 5) is 2.06. The second kappa shape index (κ2) is 5.31. The molecule has 0 aromatic heterocycles. The van der Waals surface area contributed by atoms with E-state index in [1.54, 1.807) is 6.20 Å². The molecule has 0 aromatic carbocycles. The van der Waals surface area contributed by atoms with Gasteiger partial charge in [-0.25, -0.2) is 0 Å². The van der Waals surface area contributed by atoms with Gasteiger partial charge in [0.05, 0.1) is 0 Å². The molecule has 0 spiro atoms. The molecule has 0 atom stereocenters. The van der Waals surface area contributed by atoms with E-state index in [2.05, 4.69) is 22.1 Å². The standard InChI is InChI=1S/C6H13N3/c1-7-8-5-4-6-9(2)3/h4-5,8H,1,6H2,2-3H3/b5-4+. The van der Waals surface area contributed by atoms with Crippen LogP contribution in [0.25, 0.3) is 0 Å². The van der Waals surface area contributed by atoms with Crippen LogP contribution >= 0.6 is 0 Å². The van der Waals surface area contributed by atoms with Crippen LogP contribution in [0.2, 0.25) is 0 Å². The third-order valence-corrected chi connectivity index (χ3v) is 0.754. The average molecular weight is 127 g/mol. The molecule has 0 aromatic rings. The third kappa shape index (κ3) is 7.17. The van der Waals surface area contributed by atoms with Gasteiger partial charge < -0.3 is 4.90 Å². The Morgan fingerprint density at radius 3 is 2.78 bits per heavy atom. The van der Waals surface area contributed by atoms with E-state index in [9.17, 15) is 0 Å². The molecule has 1 N–H and O–H groups in total. The summed E-state index contributed by atoms with van der Waals surface area (Å²) in [6.07, 6.45) is 3.72. The molecular weight excluding hydrogens is 114 g/mol. The van der Waals surface area contributed by atoms with Crippen LogP contribution in [0, 0.1) is 0 Å². The Balaban J connectivity index is 3.14. The van der Waals surface area contributed by atoms with E-state index < -0.39 is 0 Å². The van der Waals surface area contributed by atoms with Gasteiger partial charge in [-0.15, -0.1) is 0 Å². The Morgan fingerprint density at radius 2 is 2.33 bits per heavy atom. The molecular formula is C6H13N3. The summed E-state index contributed by atoms with van der Waals surface area (Å²) in [5.41, 5.74) is 2.61. The van der Waals surface area contributed by atoms with Crippen molar-refractivity contribution in [2.75, 3.05) is 20.6 Å². The Labute approximate surface area is 56.0 Å². The van der Waals surface area contributed by atoms with Crippen molar-refractivity contribution in [1.82, 2.24) is 10.3 Å². The zero-order valence-corrected chi connectivity index (χ0v) is 5.96. The highest BCUT2D eigenvalue weighted by Gasteiger charge is 1.78. The molecule has 0 rings (SSSR count). The van der Waals surface area contributed by atoms with Gasteiger partial charge in [0.25, 0.3) is 0 Å². The van der Waals surface area contributed by atoms with Crippen molar-refractivity contribution in [1.29, 1.82) is 0 Å². The minimum absolute atomic E-state index is 0.919. The highest BCUT2D eigenvalue weighted by atomic mass is 15.3. The number of hydrazone groups is 1. The van der Waals surface area contributed by atoms with Gasteiger partial charge >= 0.3 is 0 Å². The maximum absolute atomic E-state index is 3.43. The van der Waals surface area contributed by atoms with Gasteiger partial charge in [-0.05, 0) is 14.1 Å². The van der Waals surface area contributed by atoms with Crippen LogP contribution in [0.15, 0.2) is 17.4 Å². The molecule has 3 heteroatoms. The first-order chi connectivity index (χ1) is 4.27. The second-order valence-electron chi connectivity index (χ2n) is 1.95. The fourth-order valence-corrected chi connectivity index (χ4v) is 0.369. The maximum Gasteiger partial charge on any atom is 0.0174 e. The average Bonchev–Trinajstić information content (AvgIpc) is 1.80. The predicted octanol–water partition coefficient (Wildman–Crippen LogP) is 0.267. The summed E-state index contributed by atoms with van der Waals surface area (Å²) in [5, 5.41) is 3.43. The Bertz CT molecular complexity index is 96.5. The number of hydrogen-bond acceptors (Lipinski definition) is 3. The van der Waals surface area contributed by atoms with Gasteiger partial charge in [-0.2, -0.15) is 5.10 Å². The predicted molar refractivity (Wildman–Crippen MR) is 40.4 cm³/mol. The smallest absolute Gasteiger partial charge is 0.0174 e. The summed E-state index contributed by atoms with van der Waals surface area (Å²) < 4.78 is 0. The summed E-state index contributed by atoms with van der Waals surface area (Å²) in [7, 11) is 4.01. The Hall–Kier alpha value is -0.830. The van der Waals surface area contributed by atoms with Crippen LogP contribution in [-0.4, -0.2) is 32.3 Å². The lowest BCUT2D eigenvalue weighted by atomic mass is 10.6. The van der Waals surface area contributed by atoms with Crippen molar-refractivity contribution >= 4 is 6.72 Å². The van der Waals surface area contributed by atoms with Crippen molar-refractivity contribution < 1.29 is 0 Å². The molecule has 0 amide bonds. The highest BCUT2D eigenvalue weighted by molar-refractivity contribution is 5.22. The zero-order valence-electron chi connectivity index (χ0n) is 5.96. The van der Waals surface area contributed by atoms with E-state index in [1.807, 2.05) is 20.2 Å². The molecule has 0 unspecified atom stereocenters. The molecule has 0 aliphatic rings. The molecule has 9 heavy (non-hydrogen) atoms. The maximum atomic E-state index is 3.43. The molecule has 0 radical (unpaired) electrons. The fraction of sp³-hybridized carbons (Fsp3) is 0.500. The number of nitrogens with one attached hydrogen (secondary N) is 1.